The molecule has 1 aliphatic rings. The predicted molar refractivity (Wildman–Crippen MR) is 180 cm³/mol. The van der Waals surface area contributed by atoms with Crippen LogP contribution >= 0.6 is 8.38 Å². The van der Waals surface area contributed by atoms with Gasteiger partial charge in [-0.1, -0.05) is 12.1 Å². The van der Waals surface area contributed by atoms with Gasteiger partial charge in [-0.05, 0) is 64.1 Å². The van der Waals surface area contributed by atoms with Crippen molar-refractivity contribution in [2.24, 2.45) is 0 Å². The molecule has 2 aromatic carbocycles. The van der Waals surface area contributed by atoms with E-state index in [1.165, 1.54) is 0 Å². The molecule has 242 valence electrons. The Kier molecular flexibility index (Phi) is 10.7. The van der Waals surface area contributed by atoms with Gasteiger partial charge in [0, 0.05) is 57.8 Å². The molecule has 0 aliphatic carbocycles. The van der Waals surface area contributed by atoms with Gasteiger partial charge >= 0.3 is 0 Å². The Bertz CT molecular complexity index is 1550. The topological polar surface area (TPSA) is 120 Å². The molecule has 0 radical (unpaired) electrons. The molecular weight excluding hydrogens is 596 g/mol. The number of H-pyrrole nitrogens is 1. The summed E-state index contributed by atoms with van der Waals surface area (Å²) in [6.07, 6.45) is 3.73. The molecule has 5 rings (SSSR count). The average molecular weight is 640 g/mol. The zero-order valence-corrected chi connectivity index (χ0v) is 27.4. The van der Waals surface area contributed by atoms with Crippen LogP contribution in [-0.4, -0.2) is 90.8 Å². The van der Waals surface area contributed by atoms with E-state index >= 15 is 0 Å². The lowest BCUT2D eigenvalue weighted by molar-refractivity contribution is 0.0274. The molecule has 0 atom stereocenters. The van der Waals surface area contributed by atoms with Crippen LogP contribution < -0.4 is 25.6 Å². The summed E-state index contributed by atoms with van der Waals surface area (Å²) in [5.74, 6) is 1.59. The highest BCUT2D eigenvalue weighted by Gasteiger charge is 2.27. The lowest BCUT2D eigenvalue weighted by atomic mass is 10.0. The number of alkyl halides is 1. The zero-order chi connectivity index (χ0) is 32.0. The zero-order valence-electron chi connectivity index (χ0n) is 26.5. The average Bonchev–Trinajstić information content (AvgIpc) is 3.50. The van der Waals surface area contributed by atoms with Gasteiger partial charge in [-0.25, -0.2) is 4.39 Å². The molecule has 0 saturated carbocycles. The number of anilines is 5. The molecule has 45 heavy (non-hydrogen) atoms. The van der Waals surface area contributed by atoms with Crippen LogP contribution in [0, 0.1) is 0 Å². The number of halogens is 1. The van der Waals surface area contributed by atoms with E-state index in [1.54, 1.807) is 14.2 Å². The first-order chi connectivity index (χ1) is 21.7. The van der Waals surface area contributed by atoms with Crippen LogP contribution in [0.5, 0.6) is 5.75 Å². The van der Waals surface area contributed by atoms with E-state index in [0.29, 0.717) is 41.4 Å². The van der Waals surface area contributed by atoms with Crippen LogP contribution in [0.1, 0.15) is 26.7 Å². The van der Waals surface area contributed by atoms with E-state index in [-0.39, 0.29) is 6.61 Å². The molecule has 2 aromatic heterocycles. The molecule has 11 nitrogen and oxygen atoms in total. The summed E-state index contributed by atoms with van der Waals surface area (Å²) in [4.78, 5) is 17.2. The Morgan fingerprint density at radius 3 is 2.56 bits per heavy atom. The second kappa shape index (κ2) is 14.7. The number of hydrogen-bond donors (Lipinski definition) is 4. The molecule has 0 spiro atoms. The largest absolute Gasteiger partial charge is 0.489 e. The Morgan fingerprint density at radius 2 is 1.84 bits per heavy atom. The minimum atomic E-state index is -1.26. The highest BCUT2D eigenvalue weighted by molar-refractivity contribution is 7.56. The van der Waals surface area contributed by atoms with Crippen molar-refractivity contribution >= 4 is 53.5 Å². The molecule has 0 amide bonds. The number of piperidine rings is 1. The number of aromatic nitrogens is 3. The van der Waals surface area contributed by atoms with Gasteiger partial charge in [0.1, 0.15) is 30.5 Å². The van der Waals surface area contributed by atoms with Gasteiger partial charge in [-0.3, -0.25) is 0 Å². The third-order valence-electron chi connectivity index (χ3n) is 7.72. The maximum atomic E-state index is 13.2. The van der Waals surface area contributed by atoms with Crippen molar-refractivity contribution in [3.63, 3.8) is 0 Å². The summed E-state index contributed by atoms with van der Waals surface area (Å²) < 4.78 is 30.2. The van der Waals surface area contributed by atoms with Crippen molar-refractivity contribution < 1.29 is 23.3 Å². The van der Waals surface area contributed by atoms with E-state index < -0.39 is 20.7 Å². The van der Waals surface area contributed by atoms with E-state index in [1.807, 2.05) is 68.6 Å². The van der Waals surface area contributed by atoms with Crippen molar-refractivity contribution in [1.82, 2.24) is 19.9 Å². The van der Waals surface area contributed by atoms with Crippen LogP contribution in [0.25, 0.3) is 11.0 Å². The second-order valence-corrected chi connectivity index (χ2v) is 13.4. The Balaban J connectivity index is 1.36. The van der Waals surface area contributed by atoms with E-state index in [0.717, 1.165) is 48.0 Å². The van der Waals surface area contributed by atoms with Crippen LogP contribution in [-0.2, 0) is 9.05 Å². The highest BCUT2D eigenvalue weighted by Crippen LogP contribution is 2.39. The molecule has 4 aromatic rings. The number of ether oxygens (including phenoxy) is 1. The number of hydrogen-bond acceptors (Lipinski definition) is 10. The quantitative estimate of drug-likeness (QED) is 0.128. The molecule has 1 fully saturated rings. The number of para-hydroxylation sites is 1. The van der Waals surface area contributed by atoms with Crippen molar-refractivity contribution in [3.8, 4) is 5.75 Å². The number of nitrogens with one attached hydrogen (secondary N) is 3. The fourth-order valence-corrected chi connectivity index (χ4v) is 6.84. The third kappa shape index (κ3) is 8.19. The molecule has 1 aliphatic heterocycles. The number of likely N-dealkylation sites (N-methyl/N-ethyl adjacent to an activating group) is 1. The molecular formula is C32H43FN7O4P. The Hall–Kier alpha value is -3.54. The van der Waals surface area contributed by atoms with Gasteiger partial charge in [0.2, 0.25) is 14.3 Å². The number of benzene rings is 2. The molecule has 1 saturated heterocycles. The number of aromatic amines is 1. The fourth-order valence-electron chi connectivity index (χ4n) is 5.76. The summed E-state index contributed by atoms with van der Waals surface area (Å²) in [7, 11) is 4.05. The minimum Gasteiger partial charge on any atom is -0.489 e. The van der Waals surface area contributed by atoms with Crippen molar-refractivity contribution in [2.45, 2.75) is 38.3 Å². The first-order valence-corrected chi connectivity index (χ1v) is 16.2. The van der Waals surface area contributed by atoms with E-state index in [2.05, 4.69) is 37.4 Å². The van der Waals surface area contributed by atoms with Gasteiger partial charge < -0.3 is 44.3 Å². The Labute approximate surface area is 265 Å². The molecule has 3 heterocycles. The van der Waals surface area contributed by atoms with Gasteiger partial charge in [0.05, 0.1) is 27.7 Å². The SMILES string of the molecule is COP(OC)c1ccccc1Nc1nc(Nc2ccc(N3CCC(N(C)CC(C)(C)O)CC3)c(OCCF)c2)nc2[nH]ccc12. The number of rotatable bonds is 14. The maximum absolute atomic E-state index is 13.2. The van der Waals surface area contributed by atoms with E-state index in [9.17, 15) is 9.50 Å². The molecule has 0 bridgehead atoms. The second-order valence-electron chi connectivity index (χ2n) is 11.7. The van der Waals surface area contributed by atoms with Crippen LogP contribution in [0.4, 0.5) is 33.2 Å². The predicted octanol–water partition coefficient (Wildman–Crippen LogP) is 5.69. The molecule has 0 unspecified atom stereocenters. The number of nitrogens with zero attached hydrogens (tertiary/aromatic N) is 4. The third-order valence-corrected chi connectivity index (χ3v) is 9.16. The lowest BCUT2D eigenvalue weighted by Crippen LogP contribution is -2.47. The van der Waals surface area contributed by atoms with Crippen molar-refractivity contribution in [1.29, 1.82) is 0 Å². The number of aliphatic hydroxyl groups is 1. The van der Waals surface area contributed by atoms with Crippen molar-refractivity contribution in [2.75, 3.05) is 69.7 Å². The normalized spacial score (nSPS) is 14.5. The van der Waals surface area contributed by atoms with Gasteiger partial charge in [-0.15, -0.1) is 0 Å². The smallest absolute Gasteiger partial charge is 0.231 e. The first kappa shape index (κ1) is 32.8. The lowest BCUT2D eigenvalue weighted by Gasteiger charge is -2.40. The van der Waals surface area contributed by atoms with Crippen LogP contribution in [0.3, 0.4) is 0 Å². The number of fused-ring (bicyclic) bond motifs is 1. The summed E-state index contributed by atoms with van der Waals surface area (Å²) >= 11 is 0. The highest BCUT2D eigenvalue weighted by atomic mass is 31.2. The summed E-state index contributed by atoms with van der Waals surface area (Å²) in [5.41, 5.74) is 2.38. The first-order valence-electron chi connectivity index (χ1n) is 15.1. The standard InChI is InChI=1S/C32H43FN7O4P/c1-32(2,41)21-39(3)23-13-17-40(18-14-23)26-11-10-22(20-27(26)44-19-15-33)35-31-37-29-24(12-16-34-29)30(38-31)36-25-8-6-7-9-28(25)45(42-4)43-5/h6-12,16,20,23,41H,13-15,17-19,21H2,1-5H3,(H3,34,35,36,37,38). The molecule has 13 heteroatoms. The summed E-state index contributed by atoms with van der Waals surface area (Å²) in [6.45, 7) is 5.32. The molecule has 4 N–H and O–H groups in total. The minimum absolute atomic E-state index is 0.0366. The fraction of sp³-hybridized carbons (Fsp3) is 0.438. The van der Waals surface area contributed by atoms with E-state index in [4.69, 9.17) is 18.8 Å². The Morgan fingerprint density at radius 1 is 1.09 bits per heavy atom. The van der Waals surface area contributed by atoms with Crippen molar-refractivity contribution in [3.05, 3.63) is 54.7 Å². The summed E-state index contributed by atoms with van der Waals surface area (Å²) in [5, 5.41) is 18.7. The monoisotopic (exact) mass is 639 g/mol. The maximum Gasteiger partial charge on any atom is 0.231 e. The van der Waals surface area contributed by atoms with Gasteiger partial charge in [-0.2, -0.15) is 9.97 Å². The van der Waals surface area contributed by atoms with Crippen LogP contribution in [0.15, 0.2) is 54.7 Å². The van der Waals surface area contributed by atoms with Crippen LogP contribution in [0.2, 0.25) is 0 Å². The van der Waals surface area contributed by atoms with Gasteiger partial charge in [0.15, 0.2) is 0 Å². The summed E-state index contributed by atoms with van der Waals surface area (Å²) in [6, 6.07) is 15.9. The van der Waals surface area contributed by atoms with Gasteiger partial charge in [0.25, 0.3) is 0 Å².